The van der Waals surface area contributed by atoms with Crippen molar-refractivity contribution < 1.29 is 18.7 Å². The fourth-order valence-electron chi connectivity index (χ4n) is 4.64. The number of methoxy groups -OCH3 is 1. The Morgan fingerprint density at radius 1 is 1.00 bits per heavy atom. The fourth-order valence-corrected chi connectivity index (χ4v) is 4.64. The number of hydrogen-bond acceptors (Lipinski definition) is 5. The van der Waals surface area contributed by atoms with Gasteiger partial charge in [0.1, 0.15) is 5.75 Å². The number of piperazine rings is 1. The van der Waals surface area contributed by atoms with Crippen LogP contribution in [0.1, 0.15) is 68.0 Å². The maximum absolute atomic E-state index is 13.1. The van der Waals surface area contributed by atoms with Crippen LogP contribution in [0, 0.1) is 0 Å². The van der Waals surface area contributed by atoms with Crippen molar-refractivity contribution in [1.29, 1.82) is 0 Å². The van der Waals surface area contributed by atoms with Crippen LogP contribution in [-0.2, 0) is 4.79 Å². The van der Waals surface area contributed by atoms with Gasteiger partial charge in [0.2, 0.25) is 5.91 Å². The summed E-state index contributed by atoms with van der Waals surface area (Å²) in [5.41, 5.74) is 0.970. The molecule has 1 aliphatic rings. The summed E-state index contributed by atoms with van der Waals surface area (Å²) in [7, 11) is 1.65. The molecule has 0 bridgehead atoms. The van der Waals surface area contributed by atoms with Crippen LogP contribution in [-0.4, -0.2) is 79.4 Å². The molecular formula is C30H43N3O4. The highest BCUT2D eigenvalue weighted by Gasteiger charge is 2.23. The molecular weight excluding hydrogens is 466 g/mol. The van der Waals surface area contributed by atoms with Crippen LogP contribution >= 0.6 is 0 Å². The van der Waals surface area contributed by atoms with E-state index in [2.05, 4.69) is 11.8 Å². The zero-order valence-corrected chi connectivity index (χ0v) is 22.6. The largest absolute Gasteiger partial charge is 0.496 e. The van der Waals surface area contributed by atoms with Crippen LogP contribution in [0.2, 0.25) is 0 Å². The number of ether oxygens (including phenoxy) is 1. The molecule has 0 aliphatic carbocycles. The fraction of sp³-hybridized carbons (Fsp3) is 0.533. The predicted octanol–water partition coefficient (Wildman–Crippen LogP) is 5.34. The maximum Gasteiger partial charge on any atom is 0.289 e. The first-order chi connectivity index (χ1) is 18.1. The van der Waals surface area contributed by atoms with Gasteiger partial charge in [-0.05, 0) is 24.6 Å². The van der Waals surface area contributed by atoms with E-state index in [0.29, 0.717) is 25.3 Å². The van der Waals surface area contributed by atoms with Gasteiger partial charge in [0.05, 0.1) is 13.4 Å². The van der Waals surface area contributed by atoms with Crippen molar-refractivity contribution in [1.82, 2.24) is 14.7 Å². The van der Waals surface area contributed by atoms with Gasteiger partial charge in [-0.2, -0.15) is 0 Å². The number of furan rings is 1. The number of carbonyl (C=O) groups is 2. The molecule has 1 saturated heterocycles. The number of benzene rings is 1. The van der Waals surface area contributed by atoms with Gasteiger partial charge in [-0.15, -0.1) is 0 Å². The third-order valence-corrected chi connectivity index (χ3v) is 6.94. The van der Waals surface area contributed by atoms with E-state index in [-0.39, 0.29) is 11.8 Å². The zero-order valence-electron chi connectivity index (χ0n) is 22.6. The first-order valence-electron chi connectivity index (χ1n) is 13.7. The lowest BCUT2D eigenvalue weighted by molar-refractivity contribution is -0.133. The second kappa shape index (κ2) is 15.9. The minimum Gasteiger partial charge on any atom is -0.496 e. The Morgan fingerprint density at radius 3 is 2.49 bits per heavy atom. The summed E-state index contributed by atoms with van der Waals surface area (Å²) in [6, 6.07) is 11.2. The van der Waals surface area contributed by atoms with E-state index >= 15 is 0 Å². The quantitative estimate of drug-likeness (QED) is 0.303. The standard InChI is InChI=1S/C30H43N3O4/c1-3-4-5-6-7-8-17-29(34)32-22-19-31(20-23-32)21-24-33(30(35)28-16-12-25-37-28)18-11-14-26-13-9-10-15-27(26)36-2/h9-16,25H,3-8,17-24H2,1-2H3/b14-11+. The SMILES string of the molecule is CCCCCCCCC(=O)N1CCN(CCN(C/C=C/c2ccccc2OC)C(=O)c2ccco2)CC1. The summed E-state index contributed by atoms with van der Waals surface area (Å²) in [6.07, 6.45) is 13.3. The minimum absolute atomic E-state index is 0.123. The van der Waals surface area contributed by atoms with Crippen LogP contribution in [0.25, 0.3) is 6.08 Å². The summed E-state index contributed by atoms with van der Waals surface area (Å²) in [6.45, 7) is 7.22. The molecule has 0 atom stereocenters. The van der Waals surface area contributed by atoms with Gasteiger partial charge in [-0.25, -0.2) is 0 Å². The third-order valence-electron chi connectivity index (χ3n) is 6.94. The zero-order chi connectivity index (χ0) is 26.3. The summed E-state index contributed by atoms with van der Waals surface area (Å²) < 4.78 is 10.8. The summed E-state index contributed by atoms with van der Waals surface area (Å²) >= 11 is 0. The smallest absolute Gasteiger partial charge is 0.289 e. The van der Waals surface area contributed by atoms with Gasteiger partial charge in [0.15, 0.2) is 5.76 Å². The maximum atomic E-state index is 13.1. The van der Waals surface area contributed by atoms with Gasteiger partial charge in [0, 0.05) is 57.8 Å². The van der Waals surface area contributed by atoms with Gasteiger partial charge in [-0.1, -0.05) is 69.4 Å². The van der Waals surface area contributed by atoms with Crippen LogP contribution in [0.5, 0.6) is 5.75 Å². The molecule has 7 heteroatoms. The van der Waals surface area contributed by atoms with Gasteiger partial charge < -0.3 is 19.0 Å². The van der Waals surface area contributed by atoms with E-state index in [1.165, 1.54) is 31.9 Å². The van der Waals surface area contributed by atoms with Crippen molar-refractivity contribution >= 4 is 17.9 Å². The molecule has 0 N–H and O–H groups in total. The lowest BCUT2D eigenvalue weighted by Gasteiger charge is -2.35. The van der Waals surface area contributed by atoms with Crippen molar-refractivity contribution in [3.8, 4) is 5.75 Å². The van der Waals surface area contributed by atoms with Gasteiger partial charge in [0.25, 0.3) is 5.91 Å². The van der Waals surface area contributed by atoms with Crippen LogP contribution in [0.3, 0.4) is 0 Å². The molecule has 2 aromatic rings. The molecule has 7 nitrogen and oxygen atoms in total. The molecule has 0 spiro atoms. The summed E-state index contributed by atoms with van der Waals surface area (Å²) in [4.78, 5) is 31.8. The number of carbonyl (C=O) groups excluding carboxylic acids is 2. The molecule has 3 rings (SSSR count). The first-order valence-corrected chi connectivity index (χ1v) is 13.7. The van der Waals surface area contributed by atoms with Crippen molar-refractivity contribution in [2.45, 2.75) is 51.9 Å². The topological polar surface area (TPSA) is 66.2 Å². The van der Waals surface area contributed by atoms with E-state index in [1.54, 1.807) is 24.1 Å². The van der Waals surface area contributed by atoms with Crippen molar-refractivity contribution in [3.05, 3.63) is 60.1 Å². The second-order valence-corrected chi connectivity index (χ2v) is 9.61. The predicted molar refractivity (Wildman–Crippen MR) is 148 cm³/mol. The van der Waals surface area contributed by atoms with E-state index in [0.717, 1.165) is 56.9 Å². The minimum atomic E-state index is -0.123. The number of amides is 2. The normalized spacial score (nSPS) is 14.3. The Balaban J connectivity index is 1.46. The summed E-state index contributed by atoms with van der Waals surface area (Å²) in [5.74, 6) is 1.30. The average Bonchev–Trinajstić information content (AvgIpc) is 3.48. The molecule has 1 fully saturated rings. The Labute approximate surface area is 222 Å². The molecule has 0 saturated carbocycles. The Morgan fingerprint density at radius 2 is 1.76 bits per heavy atom. The van der Waals surface area contributed by atoms with Crippen molar-refractivity contribution in [3.63, 3.8) is 0 Å². The van der Waals surface area contributed by atoms with Crippen LogP contribution < -0.4 is 4.74 Å². The number of rotatable bonds is 15. The van der Waals surface area contributed by atoms with E-state index in [1.807, 2.05) is 41.3 Å². The Kier molecular flexibility index (Phi) is 12.3. The molecule has 2 amide bonds. The highest BCUT2D eigenvalue weighted by atomic mass is 16.5. The van der Waals surface area contributed by atoms with Crippen LogP contribution in [0.15, 0.2) is 53.2 Å². The average molecular weight is 510 g/mol. The Hall–Kier alpha value is -3.06. The molecule has 0 unspecified atom stereocenters. The molecule has 1 aromatic carbocycles. The molecule has 1 aliphatic heterocycles. The number of hydrogen-bond donors (Lipinski definition) is 0. The second-order valence-electron chi connectivity index (χ2n) is 9.61. The van der Waals surface area contributed by atoms with E-state index in [9.17, 15) is 9.59 Å². The van der Waals surface area contributed by atoms with Gasteiger partial charge >= 0.3 is 0 Å². The number of nitrogens with zero attached hydrogens (tertiary/aromatic N) is 3. The monoisotopic (exact) mass is 509 g/mol. The molecule has 37 heavy (non-hydrogen) atoms. The molecule has 0 radical (unpaired) electrons. The first kappa shape index (κ1) is 28.5. The van der Waals surface area contributed by atoms with E-state index in [4.69, 9.17) is 9.15 Å². The van der Waals surface area contributed by atoms with Crippen molar-refractivity contribution in [2.75, 3.05) is 52.9 Å². The summed E-state index contributed by atoms with van der Waals surface area (Å²) in [5, 5.41) is 0. The van der Waals surface area contributed by atoms with Crippen LogP contribution in [0.4, 0.5) is 0 Å². The molecule has 2 heterocycles. The highest BCUT2D eigenvalue weighted by molar-refractivity contribution is 5.91. The Bertz CT molecular complexity index is 965. The van der Waals surface area contributed by atoms with Crippen molar-refractivity contribution in [2.24, 2.45) is 0 Å². The number of unbranched alkanes of at least 4 members (excludes halogenated alkanes) is 5. The lowest BCUT2D eigenvalue weighted by atomic mass is 10.1. The lowest BCUT2D eigenvalue weighted by Crippen LogP contribution is -2.50. The third kappa shape index (κ3) is 9.39. The molecule has 1 aromatic heterocycles. The highest BCUT2D eigenvalue weighted by Crippen LogP contribution is 2.19. The number of para-hydroxylation sites is 1. The molecule has 202 valence electrons. The van der Waals surface area contributed by atoms with E-state index < -0.39 is 0 Å². The van der Waals surface area contributed by atoms with Gasteiger partial charge in [-0.3, -0.25) is 14.5 Å².